The van der Waals surface area contributed by atoms with E-state index in [0.717, 1.165) is 19.8 Å². The zero-order valence-corrected chi connectivity index (χ0v) is 54.2. The number of alkyl carbamates (subject to hydrolysis) is 3. The summed E-state index contributed by atoms with van der Waals surface area (Å²) in [6.45, 7) is 26.7. The maximum atomic E-state index is 13.9. The molecule has 3 amide bonds. The molecule has 25 nitrogen and oxygen atoms in total. The Morgan fingerprint density at radius 1 is 0.378 bits per heavy atom. The van der Waals surface area contributed by atoms with Gasteiger partial charge in [0.2, 0.25) is 0 Å². The van der Waals surface area contributed by atoms with Crippen molar-refractivity contribution in [2.45, 2.75) is 175 Å². The van der Waals surface area contributed by atoms with Gasteiger partial charge in [0.05, 0.1) is 76.9 Å². The van der Waals surface area contributed by atoms with Gasteiger partial charge in [-0.2, -0.15) is 0 Å². The van der Waals surface area contributed by atoms with Crippen LogP contribution in [0.5, 0.6) is 0 Å². The molecule has 1 rings (SSSR count). The van der Waals surface area contributed by atoms with Crippen molar-refractivity contribution in [2.24, 2.45) is 10.8 Å². The van der Waals surface area contributed by atoms with Crippen LogP contribution in [0.15, 0.2) is 77.7 Å². The van der Waals surface area contributed by atoms with Gasteiger partial charge in [0, 0.05) is 58.2 Å². The lowest BCUT2D eigenvalue weighted by molar-refractivity contribution is -0.149. The summed E-state index contributed by atoms with van der Waals surface area (Å²) in [5.41, 5.74) is -3.09. The van der Waals surface area contributed by atoms with Crippen molar-refractivity contribution in [1.29, 1.82) is 0 Å². The molecule has 0 radical (unpaired) electrons. The highest BCUT2D eigenvalue weighted by atomic mass is 16.6. The van der Waals surface area contributed by atoms with E-state index in [1.165, 1.54) is 0 Å². The molecule has 0 aliphatic rings. The molecule has 0 atom stereocenters. The average Bonchev–Trinajstić information content (AvgIpc) is 0.874. The normalized spacial score (nSPS) is 11.2. The van der Waals surface area contributed by atoms with E-state index in [-0.39, 0.29) is 78.1 Å². The number of ether oxygens (including phenoxy) is 10. The maximum Gasteiger partial charge on any atom is 0.407 e. The van der Waals surface area contributed by atoms with Crippen LogP contribution in [0.2, 0.25) is 0 Å². The number of carbonyl (C=O) groups excluding carboxylic acids is 6. The summed E-state index contributed by atoms with van der Waals surface area (Å²) in [4.78, 5) is 114. The SMILES string of the molecule is C=CCOCC(CC)(COCC=C)COC(=O)NCCCCCCn1c(=O)n(CCCCCCNC(=O)OCCCCCC(=O)OCCCCCC(=O)OCCOC(=O)C=C)c(=O)n(CCCCCCNC(=O)OCC(CC)(COCC=C)COCC=C)c1=O. The van der Waals surface area contributed by atoms with Crippen molar-refractivity contribution >= 4 is 36.2 Å². The molecule has 25 heteroatoms. The first-order valence-corrected chi connectivity index (χ1v) is 32.1. The fraction of sp³-hybridized carbons (Fsp3) is 0.708. The van der Waals surface area contributed by atoms with Gasteiger partial charge in [-0.1, -0.05) is 83.3 Å². The predicted molar refractivity (Wildman–Crippen MR) is 342 cm³/mol. The van der Waals surface area contributed by atoms with Crippen LogP contribution in [0, 0.1) is 10.8 Å². The number of aromatic nitrogens is 3. The number of hydrogen-bond acceptors (Lipinski definition) is 19. The largest absolute Gasteiger partial charge is 0.466 e. The predicted octanol–water partition coefficient (Wildman–Crippen LogP) is 8.57. The quantitative estimate of drug-likeness (QED) is 0.0181. The summed E-state index contributed by atoms with van der Waals surface area (Å²) in [7, 11) is 0. The van der Waals surface area contributed by atoms with Gasteiger partial charge in [0.15, 0.2) is 0 Å². The molecular formula is C65H108N6O19. The highest BCUT2D eigenvalue weighted by Gasteiger charge is 2.32. The zero-order chi connectivity index (χ0) is 66.4. The first kappa shape index (κ1) is 81.2. The van der Waals surface area contributed by atoms with Gasteiger partial charge >= 0.3 is 53.3 Å². The van der Waals surface area contributed by atoms with E-state index < -0.39 is 58.1 Å². The molecule has 0 bridgehead atoms. The molecule has 0 aliphatic heterocycles. The Morgan fingerprint density at radius 2 is 0.689 bits per heavy atom. The summed E-state index contributed by atoms with van der Waals surface area (Å²) in [5, 5.41) is 8.32. The minimum Gasteiger partial charge on any atom is -0.466 e. The van der Waals surface area contributed by atoms with Crippen LogP contribution in [0.3, 0.4) is 0 Å². The highest BCUT2D eigenvalue weighted by molar-refractivity contribution is 5.81. The fourth-order valence-electron chi connectivity index (χ4n) is 8.91. The van der Waals surface area contributed by atoms with Crippen molar-refractivity contribution in [3.05, 3.63) is 94.7 Å². The number of unbranched alkanes of at least 4 members (excludes halogenated alkanes) is 13. The van der Waals surface area contributed by atoms with Crippen LogP contribution < -0.4 is 33.0 Å². The van der Waals surface area contributed by atoms with E-state index in [0.29, 0.717) is 201 Å². The molecule has 0 aliphatic carbocycles. The van der Waals surface area contributed by atoms with E-state index in [1.54, 1.807) is 24.3 Å². The summed E-state index contributed by atoms with van der Waals surface area (Å²) >= 11 is 0. The van der Waals surface area contributed by atoms with E-state index in [4.69, 9.17) is 47.4 Å². The standard InChI is InChI=1S/C65H108N6O19/c1-8-41-81-49-64(13-6,50-82-42-9-2)53-89-59(76)67-36-26-16-19-29-39-70-61(78)69(62(79)71(63(70)80)40-30-20-17-27-37-68-60(77)90-54-65(14-7,51-83-43-10-3)52-84-44-11-4)38-28-18-15-25-35-66-58(75)88-46-32-22-24-33-56(73)85-45-31-21-23-34-57(74)87-48-47-86-55(72)12-5/h8-12H,1-5,13-54H2,6-7H3,(H,66,75)(H,67,76)(H,68,77). The third kappa shape index (κ3) is 38.7. The van der Waals surface area contributed by atoms with Gasteiger partial charge in [-0.25, -0.2) is 47.3 Å². The molecule has 0 saturated heterocycles. The second-order valence-electron chi connectivity index (χ2n) is 22.0. The molecule has 0 unspecified atom stereocenters. The summed E-state index contributed by atoms with van der Waals surface area (Å²) < 4.78 is 57.7. The van der Waals surface area contributed by atoms with Gasteiger partial charge in [0.1, 0.15) is 26.4 Å². The minimum atomic E-state index is -0.670. The highest BCUT2D eigenvalue weighted by Crippen LogP contribution is 2.25. The van der Waals surface area contributed by atoms with Crippen LogP contribution in [-0.4, -0.2) is 162 Å². The first-order valence-electron chi connectivity index (χ1n) is 32.1. The lowest BCUT2D eigenvalue weighted by Crippen LogP contribution is -2.54. The number of hydrogen-bond donors (Lipinski definition) is 3. The third-order valence-corrected chi connectivity index (χ3v) is 14.5. The van der Waals surface area contributed by atoms with Crippen molar-refractivity contribution in [3.8, 4) is 0 Å². The Labute approximate surface area is 532 Å². The molecule has 90 heavy (non-hydrogen) atoms. The van der Waals surface area contributed by atoms with Crippen LogP contribution in [0.1, 0.15) is 155 Å². The Bertz CT molecular complexity index is 2280. The molecule has 3 N–H and O–H groups in total. The fourth-order valence-corrected chi connectivity index (χ4v) is 8.91. The van der Waals surface area contributed by atoms with E-state index in [9.17, 15) is 43.2 Å². The third-order valence-electron chi connectivity index (χ3n) is 14.5. The van der Waals surface area contributed by atoms with Gasteiger partial charge in [-0.15, -0.1) is 26.3 Å². The van der Waals surface area contributed by atoms with Crippen LogP contribution >= 0.6 is 0 Å². The van der Waals surface area contributed by atoms with E-state index in [2.05, 4.69) is 48.8 Å². The lowest BCUT2D eigenvalue weighted by Gasteiger charge is -2.31. The first-order chi connectivity index (χ1) is 43.6. The van der Waals surface area contributed by atoms with Crippen LogP contribution in [0.25, 0.3) is 0 Å². The monoisotopic (exact) mass is 1280 g/mol. The molecule has 1 aromatic heterocycles. The molecule has 512 valence electrons. The number of nitrogens with one attached hydrogen (secondary N) is 3. The van der Waals surface area contributed by atoms with E-state index in [1.807, 2.05) is 13.8 Å². The van der Waals surface area contributed by atoms with Gasteiger partial charge in [0.25, 0.3) is 0 Å². The van der Waals surface area contributed by atoms with Gasteiger partial charge < -0.3 is 63.3 Å². The second kappa shape index (κ2) is 52.9. The second-order valence-corrected chi connectivity index (χ2v) is 22.0. The van der Waals surface area contributed by atoms with Gasteiger partial charge in [-0.3, -0.25) is 9.59 Å². The van der Waals surface area contributed by atoms with Crippen molar-refractivity contribution < 1.29 is 76.1 Å². The van der Waals surface area contributed by atoms with Crippen molar-refractivity contribution in [3.63, 3.8) is 0 Å². The molecule has 0 spiro atoms. The Kier molecular flexibility index (Phi) is 47.7. The molecule has 1 aromatic rings. The Balaban J connectivity index is 2.70. The minimum absolute atomic E-state index is 0.0246. The Hall–Kier alpha value is -6.83. The maximum absolute atomic E-state index is 13.9. The van der Waals surface area contributed by atoms with Crippen LogP contribution in [0.4, 0.5) is 14.4 Å². The topological polar surface area (TPSA) is 297 Å². The van der Waals surface area contributed by atoms with Gasteiger partial charge in [-0.05, 0) is 89.9 Å². The molecule has 1 heterocycles. The van der Waals surface area contributed by atoms with Crippen molar-refractivity contribution in [1.82, 2.24) is 29.7 Å². The number of rotatable bonds is 59. The number of amides is 3. The van der Waals surface area contributed by atoms with E-state index >= 15 is 0 Å². The zero-order valence-electron chi connectivity index (χ0n) is 54.2. The van der Waals surface area contributed by atoms with Crippen molar-refractivity contribution in [2.75, 3.05) is 112 Å². The molecule has 0 fully saturated rings. The average molecular weight is 1280 g/mol. The number of esters is 3. The molecule has 0 saturated carbocycles. The summed E-state index contributed by atoms with van der Waals surface area (Å²) in [6, 6.07) is 0. The number of carbonyl (C=O) groups is 6. The molecule has 0 aromatic carbocycles. The van der Waals surface area contributed by atoms with Crippen LogP contribution in [-0.2, 0) is 81.4 Å². The lowest BCUT2D eigenvalue weighted by atomic mass is 9.88. The smallest absolute Gasteiger partial charge is 0.407 e. The Morgan fingerprint density at radius 3 is 1.03 bits per heavy atom. The summed E-state index contributed by atoms with van der Waals surface area (Å²) in [5.74, 6) is -1.30. The number of nitrogens with zero attached hydrogens (tertiary/aromatic N) is 3. The molecular weight excluding hydrogens is 1170 g/mol. The summed E-state index contributed by atoms with van der Waals surface area (Å²) in [6.07, 6.45) is 18.7.